The molecule has 0 saturated heterocycles. The molecule has 16 heavy (non-hydrogen) atoms. The topological polar surface area (TPSA) is 20.2 Å². The van der Waals surface area contributed by atoms with Crippen LogP contribution in [0.3, 0.4) is 0 Å². The van der Waals surface area contributed by atoms with Gasteiger partial charge in [-0.3, -0.25) is 0 Å². The van der Waals surface area contributed by atoms with Crippen LogP contribution in [0.15, 0.2) is 24.3 Å². The molecule has 0 spiro atoms. The first-order valence-electron chi connectivity index (χ1n) is 4.80. The summed E-state index contributed by atoms with van der Waals surface area (Å²) >= 11 is 1.50. The monoisotopic (exact) mass is 250 g/mol. The summed E-state index contributed by atoms with van der Waals surface area (Å²) in [6.45, 7) is 0. The average molecular weight is 250 g/mol. The third-order valence-electron chi connectivity index (χ3n) is 2.22. The van der Waals surface area contributed by atoms with Crippen LogP contribution in [0.5, 0.6) is 0 Å². The molecule has 0 aromatic heterocycles. The molecule has 0 fully saturated rings. The Morgan fingerprint density at radius 3 is 2.50 bits per heavy atom. The van der Waals surface area contributed by atoms with Crippen molar-refractivity contribution in [3.63, 3.8) is 0 Å². The van der Waals surface area contributed by atoms with Gasteiger partial charge in [0, 0.05) is 0 Å². The lowest BCUT2D eigenvalue weighted by Gasteiger charge is -2.16. The number of aliphatic hydroxyl groups excluding tert-OH is 1. The molecule has 0 amide bonds. The van der Waals surface area contributed by atoms with Crippen molar-refractivity contribution in [2.45, 2.75) is 18.7 Å². The van der Waals surface area contributed by atoms with E-state index in [-0.39, 0.29) is 5.56 Å². The average Bonchev–Trinajstić information content (AvgIpc) is 2.24. The Morgan fingerprint density at radius 2 is 1.94 bits per heavy atom. The van der Waals surface area contributed by atoms with E-state index in [0.29, 0.717) is 12.2 Å². The molecule has 0 aliphatic heterocycles. The lowest BCUT2D eigenvalue weighted by Crippen LogP contribution is -2.12. The largest absolute Gasteiger partial charge is 0.416 e. The van der Waals surface area contributed by atoms with E-state index in [1.807, 2.05) is 6.26 Å². The molecular formula is C11H13F3OS. The summed E-state index contributed by atoms with van der Waals surface area (Å²) in [5.74, 6) is 0.632. The molecule has 1 atom stereocenters. The van der Waals surface area contributed by atoms with E-state index in [1.165, 1.54) is 30.0 Å². The Balaban J connectivity index is 2.94. The van der Waals surface area contributed by atoms with Crippen molar-refractivity contribution in [1.29, 1.82) is 0 Å². The highest BCUT2D eigenvalue weighted by molar-refractivity contribution is 7.98. The summed E-state index contributed by atoms with van der Waals surface area (Å²) in [6, 6.07) is 5.16. The highest BCUT2D eigenvalue weighted by Gasteiger charge is 2.34. The van der Waals surface area contributed by atoms with Crippen molar-refractivity contribution in [3.05, 3.63) is 35.4 Å². The molecule has 0 radical (unpaired) electrons. The first kappa shape index (κ1) is 13.4. The molecule has 0 aliphatic carbocycles. The summed E-state index contributed by atoms with van der Waals surface area (Å²) in [4.78, 5) is 0. The number of aliphatic hydroxyl groups is 1. The van der Waals surface area contributed by atoms with Crippen LogP contribution in [0.4, 0.5) is 13.2 Å². The van der Waals surface area contributed by atoms with Crippen molar-refractivity contribution in [3.8, 4) is 0 Å². The van der Waals surface area contributed by atoms with Crippen LogP contribution >= 0.6 is 11.8 Å². The maximum absolute atomic E-state index is 12.6. The molecule has 0 bridgehead atoms. The van der Waals surface area contributed by atoms with Crippen molar-refractivity contribution in [2.24, 2.45) is 0 Å². The van der Waals surface area contributed by atoms with Gasteiger partial charge in [0.25, 0.3) is 0 Å². The molecule has 0 heterocycles. The van der Waals surface area contributed by atoms with Crippen LogP contribution in [0, 0.1) is 0 Å². The fourth-order valence-electron chi connectivity index (χ4n) is 1.43. The van der Waals surface area contributed by atoms with Gasteiger partial charge in [0.2, 0.25) is 0 Å². The van der Waals surface area contributed by atoms with E-state index < -0.39 is 17.8 Å². The molecule has 1 rings (SSSR count). The zero-order chi connectivity index (χ0) is 12.2. The maximum Gasteiger partial charge on any atom is 0.416 e. The molecule has 90 valence electrons. The molecule has 1 nitrogen and oxygen atoms in total. The molecule has 0 saturated carbocycles. The zero-order valence-electron chi connectivity index (χ0n) is 8.79. The maximum atomic E-state index is 12.6. The standard InChI is InChI=1S/C11H13F3OS/c1-16-7-6-10(15)8-4-2-3-5-9(8)11(12,13)14/h2-5,10,15H,6-7H2,1H3. The van der Waals surface area contributed by atoms with Gasteiger partial charge in [-0.15, -0.1) is 0 Å². The van der Waals surface area contributed by atoms with Gasteiger partial charge in [-0.2, -0.15) is 24.9 Å². The minimum Gasteiger partial charge on any atom is -0.388 e. The summed E-state index contributed by atoms with van der Waals surface area (Å²) in [5, 5.41) is 9.68. The number of hydrogen-bond donors (Lipinski definition) is 1. The number of halogens is 3. The Bertz CT molecular complexity index is 338. The van der Waals surface area contributed by atoms with E-state index in [2.05, 4.69) is 0 Å². The number of alkyl halides is 3. The number of benzene rings is 1. The molecular weight excluding hydrogens is 237 g/mol. The molecule has 5 heteroatoms. The number of hydrogen-bond acceptors (Lipinski definition) is 2. The summed E-state index contributed by atoms with van der Waals surface area (Å²) in [5.41, 5.74) is -0.785. The van der Waals surface area contributed by atoms with Crippen molar-refractivity contribution >= 4 is 11.8 Å². The number of thioether (sulfide) groups is 1. The van der Waals surface area contributed by atoms with E-state index >= 15 is 0 Å². The normalized spacial score (nSPS) is 13.8. The second-order valence-corrected chi connectivity index (χ2v) is 4.37. The molecule has 1 unspecified atom stereocenters. The molecule has 1 aromatic rings. The van der Waals surface area contributed by atoms with E-state index in [4.69, 9.17) is 0 Å². The lowest BCUT2D eigenvalue weighted by atomic mass is 10.0. The Kier molecular flexibility index (Phi) is 4.68. The first-order valence-corrected chi connectivity index (χ1v) is 6.19. The van der Waals surface area contributed by atoms with E-state index in [0.717, 1.165) is 6.07 Å². The van der Waals surface area contributed by atoms with Crippen molar-refractivity contribution in [1.82, 2.24) is 0 Å². The fraction of sp³-hybridized carbons (Fsp3) is 0.455. The van der Waals surface area contributed by atoms with Gasteiger partial charge in [0.05, 0.1) is 11.7 Å². The minimum atomic E-state index is -4.41. The van der Waals surface area contributed by atoms with Crippen molar-refractivity contribution < 1.29 is 18.3 Å². The van der Waals surface area contributed by atoms with Crippen LogP contribution < -0.4 is 0 Å². The lowest BCUT2D eigenvalue weighted by molar-refractivity contribution is -0.139. The van der Waals surface area contributed by atoms with Gasteiger partial charge in [-0.05, 0) is 30.1 Å². The second-order valence-electron chi connectivity index (χ2n) is 3.38. The summed E-state index contributed by atoms with van der Waals surface area (Å²) in [7, 11) is 0. The fourth-order valence-corrected chi connectivity index (χ4v) is 1.89. The quantitative estimate of drug-likeness (QED) is 0.882. The highest BCUT2D eigenvalue weighted by Crippen LogP contribution is 2.35. The predicted molar refractivity (Wildman–Crippen MR) is 59.4 cm³/mol. The van der Waals surface area contributed by atoms with Gasteiger partial charge in [0.15, 0.2) is 0 Å². The number of rotatable bonds is 4. The smallest absolute Gasteiger partial charge is 0.388 e. The van der Waals surface area contributed by atoms with Gasteiger partial charge in [-0.1, -0.05) is 18.2 Å². The second kappa shape index (κ2) is 5.59. The third kappa shape index (κ3) is 3.42. The van der Waals surface area contributed by atoms with E-state index in [9.17, 15) is 18.3 Å². The van der Waals surface area contributed by atoms with Crippen LogP contribution in [0.2, 0.25) is 0 Å². The Hall–Kier alpha value is -0.680. The first-order chi connectivity index (χ1) is 7.46. The van der Waals surface area contributed by atoms with Crippen LogP contribution in [0.25, 0.3) is 0 Å². The minimum absolute atomic E-state index is 0.0379. The van der Waals surface area contributed by atoms with Crippen molar-refractivity contribution in [2.75, 3.05) is 12.0 Å². The van der Waals surface area contributed by atoms with Gasteiger partial charge < -0.3 is 5.11 Å². The van der Waals surface area contributed by atoms with Crippen LogP contribution in [-0.4, -0.2) is 17.1 Å². The third-order valence-corrected chi connectivity index (χ3v) is 2.86. The SMILES string of the molecule is CSCCC(O)c1ccccc1C(F)(F)F. The van der Waals surface area contributed by atoms with Gasteiger partial charge in [-0.25, -0.2) is 0 Å². The summed E-state index contributed by atoms with van der Waals surface area (Å²) < 4.78 is 37.8. The van der Waals surface area contributed by atoms with Crippen LogP contribution in [-0.2, 0) is 6.18 Å². The zero-order valence-corrected chi connectivity index (χ0v) is 9.61. The Labute approximate surface area is 96.7 Å². The molecule has 1 aromatic carbocycles. The Morgan fingerprint density at radius 1 is 1.31 bits per heavy atom. The van der Waals surface area contributed by atoms with E-state index in [1.54, 1.807) is 0 Å². The predicted octanol–water partition coefficient (Wildman–Crippen LogP) is 3.49. The van der Waals surface area contributed by atoms with Gasteiger partial charge in [0.1, 0.15) is 0 Å². The highest BCUT2D eigenvalue weighted by atomic mass is 32.2. The summed E-state index contributed by atoms with van der Waals surface area (Å²) in [6.07, 6.45) is -3.28. The molecule has 1 N–H and O–H groups in total. The van der Waals surface area contributed by atoms with Gasteiger partial charge >= 0.3 is 6.18 Å². The molecule has 0 aliphatic rings. The van der Waals surface area contributed by atoms with Crippen LogP contribution in [0.1, 0.15) is 23.7 Å².